The lowest BCUT2D eigenvalue weighted by atomic mass is 10.0. The highest BCUT2D eigenvalue weighted by Gasteiger charge is 2.42. The third kappa shape index (κ3) is 3.34. The van der Waals surface area contributed by atoms with Gasteiger partial charge in [0.15, 0.2) is 10.8 Å². The molecule has 138 valence electrons. The third-order valence-electron chi connectivity index (χ3n) is 4.32. The molecule has 0 aliphatic heterocycles. The molecule has 0 radical (unpaired) electrons. The van der Waals surface area contributed by atoms with Crippen LogP contribution >= 0.6 is 11.6 Å². The molecule has 2 heterocycles. The van der Waals surface area contributed by atoms with E-state index in [1.54, 1.807) is 10.9 Å². The molecule has 0 spiro atoms. The number of nitrogens with zero attached hydrogens (tertiary/aromatic N) is 4. The highest BCUT2D eigenvalue weighted by atomic mass is 35.5. The maximum Gasteiger partial charge on any atom is 0.302 e. The lowest BCUT2D eigenvalue weighted by Crippen LogP contribution is -2.26. The minimum atomic E-state index is -0.476. The SMILES string of the molecule is C=C1[C@H](COC(C)=O)[C@@H](OC(C)=O)C[C@@H]1n1cnc2c(Cl)nc(N)nc21. The van der Waals surface area contributed by atoms with E-state index in [9.17, 15) is 9.59 Å². The van der Waals surface area contributed by atoms with E-state index in [2.05, 4.69) is 21.5 Å². The number of anilines is 1. The summed E-state index contributed by atoms with van der Waals surface area (Å²) in [7, 11) is 0. The van der Waals surface area contributed by atoms with Gasteiger partial charge in [-0.3, -0.25) is 9.59 Å². The van der Waals surface area contributed by atoms with Crippen LogP contribution in [0.15, 0.2) is 18.5 Å². The topological polar surface area (TPSA) is 122 Å². The molecule has 10 heteroatoms. The first-order valence-corrected chi connectivity index (χ1v) is 8.30. The van der Waals surface area contributed by atoms with Gasteiger partial charge in [0.05, 0.1) is 18.3 Å². The zero-order chi connectivity index (χ0) is 19.0. The second-order valence-corrected chi connectivity index (χ2v) is 6.44. The first-order chi connectivity index (χ1) is 12.3. The number of esters is 2. The van der Waals surface area contributed by atoms with Crippen molar-refractivity contribution in [1.29, 1.82) is 0 Å². The Morgan fingerprint density at radius 1 is 1.38 bits per heavy atom. The Balaban J connectivity index is 1.96. The van der Waals surface area contributed by atoms with E-state index in [1.807, 2.05) is 0 Å². The molecule has 3 rings (SSSR count). The van der Waals surface area contributed by atoms with Crippen LogP contribution in [-0.4, -0.2) is 44.2 Å². The van der Waals surface area contributed by atoms with Crippen LogP contribution in [0, 0.1) is 5.92 Å². The number of carbonyl (C=O) groups is 2. The number of nitrogens with two attached hydrogens (primary N) is 1. The van der Waals surface area contributed by atoms with Gasteiger partial charge in [-0.25, -0.2) is 4.98 Å². The van der Waals surface area contributed by atoms with Gasteiger partial charge < -0.3 is 19.8 Å². The fourth-order valence-electron chi connectivity index (χ4n) is 3.20. The molecule has 0 aromatic carbocycles. The monoisotopic (exact) mass is 379 g/mol. The number of ether oxygens (including phenoxy) is 2. The molecule has 2 aromatic heterocycles. The van der Waals surface area contributed by atoms with Crippen molar-refractivity contribution in [3.8, 4) is 0 Å². The summed E-state index contributed by atoms with van der Waals surface area (Å²) in [4.78, 5) is 35.0. The predicted octanol–water partition coefficient (Wildman–Crippen LogP) is 1.67. The largest absolute Gasteiger partial charge is 0.465 e. The van der Waals surface area contributed by atoms with E-state index in [1.165, 1.54) is 13.8 Å². The molecule has 2 N–H and O–H groups in total. The number of hydrogen-bond donors (Lipinski definition) is 1. The molecule has 1 fully saturated rings. The summed E-state index contributed by atoms with van der Waals surface area (Å²) in [5.41, 5.74) is 7.31. The Bertz CT molecular complexity index is 896. The summed E-state index contributed by atoms with van der Waals surface area (Å²) < 4.78 is 12.3. The van der Waals surface area contributed by atoms with E-state index < -0.39 is 18.0 Å². The molecule has 26 heavy (non-hydrogen) atoms. The molecule has 3 atom stereocenters. The van der Waals surface area contributed by atoms with Gasteiger partial charge in [-0.15, -0.1) is 0 Å². The van der Waals surface area contributed by atoms with Gasteiger partial charge in [0.25, 0.3) is 0 Å². The Labute approximate surface area is 154 Å². The number of halogens is 1. The van der Waals surface area contributed by atoms with Crippen molar-refractivity contribution in [2.24, 2.45) is 5.92 Å². The van der Waals surface area contributed by atoms with Gasteiger partial charge in [-0.1, -0.05) is 18.2 Å². The van der Waals surface area contributed by atoms with Crippen molar-refractivity contribution in [1.82, 2.24) is 19.5 Å². The van der Waals surface area contributed by atoms with Crippen LogP contribution in [0.3, 0.4) is 0 Å². The number of imidazole rings is 1. The summed E-state index contributed by atoms with van der Waals surface area (Å²) in [6.45, 7) is 6.85. The number of nitrogen functional groups attached to an aromatic ring is 1. The summed E-state index contributed by atoms with van der Waals surface area (Å²) >= 11 is 6.07. The maximum absolute atomic E-state index is 11.5. The van der Waals surface area contributed by atoms with Gasteiger partial charge in [0, 0.05) is 20.3 Å². The Hall–Kier alpha value is -2.68. The number of carbonyl (C=O) groups excluding carboxylic acids is 2. The third-order valence-corrected chi connectivity index (χ3v) is 4.59. The van der Waals surface area contributed by atoms with E-state index in [4.69, 9.17) is 26.8 Å². The standard InChI is InChI=1S/C16H18ClN5O4/c1-7-10(5-25-8(2)23)12(26-9(3)24)4-11(7)22-6-19-13-14(17)20-16(18)21-15(13)22/h6,10-12H,1,4-5H2,2-3H3,(H2,18,20,21)/t10-,11-,12-/m0/s1. The summed E-state index contributed by atoms with van der Waals surface area (Å²) in [5, 5.41) is 0.155. The van der Waals surface area contributed by atoms with Gasteiger partial charge in [0.1, 0.15) is 18.2 Å². The Morgan fingerprint density at radius 3 is 2.77 bits per heavy atom. The molecular formula is C16H18ClN5O4. The van der Waals surface area contributed by atoms with Crippen LogP contribution in [0.1, 0.15) is 26.3 Å². The van der Waals surface area contributed by atoms with Crippen LogP contribution in [0.2, 0.25) is 5.15 Å². The van der Waals surface area contributed by atoms with Crippen LogP contribution in [-0.2, 0) is 19.1 Å². The summed E-state index contributed by atoms with van der Waals surface area (Å²) in [6.07, 6.45) is 1.54. The van der Waals surface area contributed by atoms with Gasteiger partial charge >= 0.3 is 11.9 Å². The van der Waals surface area contributed by atoms with Crippen molar-refractivity contribution in [3.63, 3.8) is 0 Å². The number of aromatic nitrogens is 4. The summed E-state index contributed by atoms with van der Waals surface area (Å²) in [6, 6.07) is -0.268. The van der Waals surface area contributed by atoms with Crippen molar-refractivity contribution in [2.75, 3.05) is 12.3 Å². The van der Waals surface area contributed by atoms with Gasteiger partial charge in [-0.2, -0.15) is 9.97 Å². The van der Waals surface area contributed by atoms with Gasteiger partial charge in [0.2, 0.25) is 5.95 Å². The lowest BCUT2D eigenvalue weighted by Gasteiger charge is -2.19. The van der Waals surface area contributed by atoms with Crippen molar-refractivity contribution in [3.05, 3.63) is 23.6 Å². The molecule has 0 unspecified atom stereocenters. The second-order valence-electron chi connectivity index (χ2n) is 6.08. The molecule has 0 saturated heterocycles. The molecule has 1 aliphatic rings. The van der Waals surface area contributed by atoms with Crippen LogP contribution in [0.5, 0.6) is 0 Å². The first kappa shape index (κ1) is 18.1. The van der Waals surface area contributed by atoms with E-state index in [0.29, 0.717) is 17.6 Å². The second kappa shape index (κ2) is 6.91. The van der Waals surface area contributed by atoms with E-state index >= 15 is 0 Å². The quantitative estimate of drug-likeness (QED) is 0.483. The van der Waals surface area contributed by atoms with Gasteiger partial charge in [-0.05, 0) is 5.57 Å². The molecule has 2 aromatic rings. The maximum atomic E-state index is 11.5. The highest BCUT2D eigenvalue weighted by molar-refractivity contribution is 6.33. The minimum absolute atomic E-state index is 0.0286. The normalized spacial score (nSPS) is 22.6. The van der Waals surface area contributed by atoms with Crippen molar-refractivity contribution in [2.45, 2.75) is 32.4 Å². The van der Waals surface area contributed by atoms with E-state index in [0.717, 1.165) is 5.57 Å². The summed E-state index contributed by atoms with van der Waals surface area (Å²) in [5.74, 6) is -1.13. The first-order valence-electron chi connectivity index (χ1n) is 7.92. The fraction of sp³-hybridized carbons (Fsp3) is 0.438. The fourth-order valence-corrected chi connectivity index (χ4v) is 3.42. The van der Waals surface area contributed by atoms with Crippen molar-refractivity contribution >= 4 is 40.7 Å². The lowest BCUT2D eigenvalue weighted by molar-refractivity contribution is -0.150. The molecule has 1 aliphatic carbocycles. The van der Waals surface area contributed by atoms with Crippen molar-refractivity contribution < 1.29 is 19.1 Å². The minimum Gasteiger partial charge on any atom is -0.465 e. The number of fused-ring (bicyclic) bond motifs is 1. The van der Waals surface area contributed by atoms with E-state index in [-0.39, 0.29) is 29.7 Å². The molecule has 0 bridgehead atoms. The number of rotatable bonds is 4. The average Bonchev–Trinajstić information content (AvgIpc) is 3.06. The smallest absolute Gasteiger partial charge is 0.302 e. The zero-order valence-electron chi connectivity index (χ0n) is 14.3. The Morgan fingerprint density at radius 2 is 2.12 bits per heavy atom. The Kier molecular flexibility index (Phi) is 4.82. The molecular weight excluding hydrogens is 362 g/mol. The van der Waals surface area contributed by atoms with Crippen LogP contribution < -0.4 is 5.73 Å². The average molecular weight is 380 g/mol. The van der Waals surface area contributed by atoms with Crippen LogP contribution in [0.4, 0.5) is 5.95 Å². The molecule has 1 saturated carbocycles. The predicted molar refractivity (Wildman–Crippen MR) is 93.2 cm³/mol. The molecule has 9 nitrogen and oxygen atoms in total. The zero-order valence-corrected chi connectivity index (χ0v) is 15.1. The molecule has 0 amide bonds. The number of hydrogen-bond acceptors (Lipinski definition) is 8. The highest BCUT2D eigenvalue weighted by Crippen LogP contribution is 2.42. The van der Waals surface area contributed by atoms with Crippen LogP contribution in [0.25, 0.3) is 11.2 Å².